The van der Waals surface area contributed by atoms with Crippen LogP contribution in [0.5, 0.6) is 0 Å². The molecule has 2 aliphatic heterocycles. The molecular weight excluding hydrogens is 415 g/mol. The number of nitrogens with zero attached hydrogens (tertiary/aromatic N) is 2. The number of carboxylic acid groups (broad SMARTS) is 1. The molecule has 12 heteroatoms. The van der Waals surface area contributed by atoms with Gasteiger partial charge in [0, 0.05) is 25.9 Å². The minimum atomic E-state index is -1.43. The van der Waals surface area contributed by atoms with Gasteiger partial charge in [0.2, 0.25) is 11.7 Å². The van der Waals surface area contributed by atoms with Crippen molar-refractivity contribution in [1.82, 2.24) is 14.5 Å². The van der Waals surface area contributed by atoms with Gasteiger partial charge >= 0.3 is 11.7 Å². The van der Waals surface area contributed by atoms with Crippen molar-refractivity contribution < 1.29 is 28.9 Å². The number of halogens is 1. The van der Waals surface area contributed by atoms with Crippen LogP contribution in [0.15, 0.2) is 15.8 Å². The number of nitrogens with two attached hydrogens (primary N) is 1. The molecule has 11 nitrogen and oxygen atoms in total. The smallest absolute Gasteiger partial charge is 0.328 e. The van der Waals surface area contributed by atoms with Crippen molar-refractivity contribution in [3.8, 4) is 0 Å². The Morgan fingerprint density at radius 1 is 1.39 bits per heavy atom. The predicted octanol–water partition coefficient (Wildman–Crippen LogP) is -1.06. The first-order valence-corrected chi connectivity index (χ1v) is 10.1. The summed E-state index contributed by atoms with van der Waals surface area (Å²) in [5.41, 5.74) is 1.68. The van der Waals surface area contributed by atoms with Crippen LogP contribution in [0.4, 0.5) is 4.39 Å². The van der Waals surface area contributed by atoms with Gasteiger partial charge in [0.25, 0.3) is 5.56 Å². The van der Waals surface area contributed by atoms with E-state index in [9.17, 15) is 28.7 Å². The normalized spacial score (nSPS) is 26.6. The van der Waals surface area contributed by atoms with Crippen LogP contribution < -0.4 is 17.0 Å². The number of carboxylic acids is 1. The fraction of sp³-hybridized carbons (Fsp3) is 0.684. The average molecular weight is 442 g/mol. The summed E-state index contributed by atoms with van der Waals surface area (Å²) in [6.07, 6.45) is 1.60. The number of aromatic nitrogens is 2. The van der Waals surface area contributed by atoms with Crippen molar-refractivity contribution in [3.05, 3.63) is 32.9 Å². The maximum absolute atomic E-state index is 13.7. The van der Waals surface area contributed by atoms with Gasteiger partial charge in [0.15, 0.2) is 0 Å². The molecule has 1 amide bonds. The first-order valence-electron chi connectivity index (χ1n) is 10.1. The Balaban J connectivity index is 1.66. The SMILES string of the molecule is C[C@]1(O)CC2(CCN(C(=O)[C@@H](N)CCC(=O)O)CC2)OC[C@@H]1n1cc(F)c(=O)[nH]c1=O. The maximum Gasteiger partial charge on any atom is 0.328 e. The lowest BCUT2D eigenvalue weighted by atomic mass is 9.75. The van der Waals surface area contributed by atoms with Crippen LogP contribution >= 0.6 is 0 Å². The van der Waals surface area contributed by atoms with Gasteiger partial charge in [0.05, 0.1) is 36.1 Å². The number of aliphatic hydroxyl groups is 1. The molecule has 0 radical (unpaired) electrons. The van der Waals surface area contributed by atoms with Crippen LogP contribution in [0.25, 0.3) is 0 Å². The largest absolute Gasteiger partial charge is 0.481 e. The number of hydrogen-bond donors (Lipinski definition) is 4. The quantitative estimate of drug-likeness (QED) is 0.447. The van der Waals surface area contributed by atoms with Gasteiger partial charge in [-0.25, -0.2) is 4.79 Å². The van der Waals surface area contributed by atoms with E-state index in [1.807, 2.05) is 4.98 Å². The number of piperidine rings is 1. The number of carbonyl (C=O) groups is 2. The van der Waals surface area contributed by atoms with Gasteiger partial charge in [-0.3, -0.25) is 23.9 Å². The topological polar surface area (TPSA) is 168 Å². The summed E-state index contributed by atoms with van der Waals surface area (Å²) in [6.45, 7) is 2.10. The minimum Gasteiger partial charge on any atom is -0.481 e. The molecule has 2 aliphatic rings. The molecule has 3 atom stereocenters. The highest BCUT2D eigenvalue weighted by molar-refractivity contribution is 5.82. The summed E-state index contributed by atoms with van der Waals surface area (Å²) in [7, 11) is 0. The zero-order valence-electron chi connectivity index (χ0n) is 17.2. The molecule has 2 saturated heterocycles. The van der Waals surface area contributed by atoms with E-state index in [-0.39, 0.29) is 31.8 Å². The Morgan fingerprint density at radius 3 is 2.61 bits per heavy atom. The molecule has 1 spiro atoms. The number of aromatic amines is 1. The molecule has 31 heavy (non-hydrogen) atoms. The third-order valence-electron chi connectivity index (χ3n) is 6.18. The van der Waals surface area contributed by atoms with E-state index in [4.69, 9.17) is 15.6 Å². The molecule has 0 unspecified atom stereocenters. The first kappa shape index (κ1) is 23.1. The zero-order valence-corrected chi connectivity index (χ0v) is 17.2. The number of hydrogen-bond acceptors (Lipinski definition) is 7. The van der Waals surface area contributed by atoms with Crippen molar-refractivity contribution >= 4 is 11.9 Å². The Morgan fingerprint density at radius 2 is 2.03 bits per heavy atom. The molecule has 5 N–H and O–H groups in total. The van der Waals surface area contributed by atoms with Crippen molar-refractivity contribution in [2.24, 2.45) is 5.73 Å². The van der Waals surface area contributed by atoms with E-state index >= 15 is 0 Å². The molecular formula is C19H27FN4O7. The van der Waals surface area contributed by atoms with Gasteiger partial charge in [-0.1, -0.05) is 0 Å². The lowest BCUT2D eigenvalue weighted by Gasteiger charge is -2.51. The second kappa shape index (κ2) is 8.52. The number of rotatable bonds is 5. The van der Waals surface area contributed by atoms with Gasteiger partial charge in [0.1, 0.15) is 0 Å². The first-order chi connectivity index (χ1) is 14.4. The van der Waals surface area contributed by atoms with Gasteiger partial charge in [-0.2, -0.15) is 4.39 Å². The molecule has 0 aromatic carbocycles. The molecule has 3 heterocycles. The van der Waals surface area contributed by atoms with Gasteiger partial charge < -0.3 is 25.6 Å². The lowest BCUT2D eigenvalue weighted by Crippen LogP contribution is -2.60. The number of carbonyl (C=O) groups excluding carboxylic acids is 1. The van der Waals surface area contributed by atoms with Crippen LogP contribution in [-0.4, -0.2) is 73.5 Å². The summed E-state index contributed by atoms with van der Waals surface area (Å²) < 4.78 is 20.6. The fourth-order valence-electron chi connectivity index (χ4n) is 4.42. The van der Waals surface area contributed by atoms with Crippen LogP contribution in [0.3, 0.4) is 0 Å². The summed E-state index contributed by atoms with van der Waals surface area (Å²) in [4.78, 5) is 49.9. The summed E-state index contributed by atoms with van der Waals surface area (Å²) in [5.74, 6) is -2.48. The Kier molecular flexibility index (Phi) is 6.35. The van der Waals surface area contributed by atoms with Gasteiger partial charge in [-0.15, -0.1) is 0 Å². The van der Waals surface area contributed by atoms with Crippen LogP contribution in [-0.2, 0) is 14.3 Å². The highest BCUT2D eigenvalue weighted by Crippen LogP contribution is 2.43. The van der Waals surface area contributed by atoms with E-state index in [1.165, 1.54) is 6.92 Å². The van der Waals surface area contributed by atoms with Crippen molar-refractivity contribution in [1.29, 1.82) is 0 Å². The van der Waals surface area contributed by atoms with Crippen LogP contribution in [0, 0.1) is 5.82 Å². The number of amides is 1. The highest BCUT2D eigenvalue weighted by Gasteiger charge is 2.50. The predicted molar refractivity (Wildman–Crippen MR) is 105 cm³/mol. The molecule has 2 fully saturated rings. The molecule has 0 saturated carbocycles. The molecule has 3 rings (SSSR count). The average Bonchev–Trinajstić information content (AvgIpc) is 2.69. The second-order valence-electron chi connectivity index (χ2n) is 8.55. The van der Waals surface area contributed by atoms with E-state index in [0.717, 1.165) is 10.8 Å². The van der Waals surface area contributed by atoms with E-state index in [2.05, 4.69) is 0 Å². The third kappa shape index (κ3) is 4.86. The number of likely N-dealkylation sites (tertiary alicyclic amines) is 1. The van der Waals surface area contributed by atoms with Crippen LogP contribution in [0.2, 0.25) is 0 Å². The molecule has 1 aromatic heterocycles. The second-order valence-corrected chi connectivity index (χ2v) is 8.55. The van der Waals surface area contributed by atoms with Crippen LogP contribution in [0.1, 0.15) is 45.1 Å². The Labute approximate surface area is 176 Å². The molecule has 0 bridgehead atoms. The fourth-order valence-corrected chi connectivity index (χ4v) is 4.42. The van der Waals surface area contributed by atoms with Gasteiger partial charge in [-0.05, 0) is 26.2 Å². The molecule has 1 aromatic rings. The monoisotopic (exact) mass is 442 g/mol. The summed E-state index contributed by atoms with van der Waals surface area (Å²) >= 11 is 0. The minimum absolute atomic E-state index is 0.0488. The number of aliphatic carboxylic acids is 1. The summed E-state index contributed by atoms with van der Waals surface area (Å²) in [5, 5.41) is 19.8. The number of H-pyrrole nitrogens is 1. The van der Waals surface area contributed by atoms with E-state index in [0.29, 0.717) is 25.9 Å². The zero-order chi connectivity index (χ0) is 23.0. The van der Waals surface area contributed by atoms with E-state index < -0.39 is 46.3 Å². The molecule has 172 valence electrons. The van der Waals surface area contributed by atoms with Crippen molar-refractivity contribution in [2.75, 3.05) is 19.7 Å². The lowest BCUT2D eigenvalue weighted by molar-refractivity contribution is -0.198. The molecule has 0 aliphatic carbocycles. The highest BCUT2D eigenvalue weighted by atomic mass is 19.1. The van der Waals surface area contributed by atoms with Crippen molar-refractivity contribution in [2.45, 2.75) is 62.3 Å². The third-order valence-corrected chi connectivity index (χ3v) is 6.18. The van der Waals surface area contributed by atoms with Crippen molar-refractivity contribution in [3.63, 3.8) is 0 Å². The number of ether oxygens (including phenoxy) is 1. The Hall–Kier alpha value is -2.57. The standard InChI is InChI=1S/C19H27FN4O7/c1-18(30)10-19(31-9-13(18)24-8-11(20)15(27)22-17(24)29)4-6-23(7-5-19)16(28)12(21)2-3-14(25)26/h8,12-13,30H,2-7,9-10,21H2,1H3,(H,25,26)(H,22,27,29)/t12-,13-,18-/m0/s1. The van der Waals surface area contributed by atoms with E-state index in [1.54, 1.807) is 4.90 Å². The Bertz CT molecular complexity index is 965. The summed E-state index contributed by atoms with van der Waals surface area (Å²) in [6, 6.07) is -1.80. The maximum atomic E-state index is 13.7. The number of nitrogens with one attached hydrogen (secondary N) is 1.